The van der Waals surface area contributed by atoms with E-state index in [1.54, 1.807) is 11.8 Å². The molecule has 0 aliphatic rings. The van der Waals surface area contributed by atoms with Crippen LogP contribution in [0.2, 0.25) is 0 Å². The Labute approximate surface area is 112 Å². The van der Waals surface area contributed by atoms with E-state index in [2.05, 4.69) is 12.2 Å². The Morgan fingerprint density at radius 2 is 2.22 bits per heavy atom. The fraction of sp³-hybridized carbons (Fsp3) is 0.462. The lowest BCUT2D eigenvalue weighted by Gasteiger charge is -2.10. The molecule has 0 fully saturated rings. The van der Waals surface area contributed by atoms with E-state index in [0.29, 0.717) is 18.0 Å². The lowest BCUT2D eigenvalue weighted by atomic mass is 10.2. The Bertz CT molecular complexity index is 397. The van der Waals surface area contributed by atoms with Crippen molar-refractivity contribution < 1.29 is 9.53 Å². The zero-order valence-corrected chi connectivity index (χ0v) is 11.7. The normalized spacial score (nSPS) is 10.3. The van der Waals surface area contributed by atoms with E-state index in [-0.39, 0.29) is 12.5 Å². The maximum atomic E-state index is 11.6. The Morgan fingerprint density at radius 3 is 2.89 bits per heavy atom. The molecule has 5 heteroatoms. The van der Waals surface area contributed by atoms with Crippen molar-refractivity contribution in [1.29, 1.82) is 0 Å². The maximum absolute atomic E-state index is 11.6. The number of hydrogen-bond donors (Lipinski definition) is 2. The Morgan fingerprint density at radius 1 is 1.44 bits per heavy atom. The van der Waals surface area contributed by atoms with Gasteiger partial charge >= 0.3 is 0 Å². The van der Waals surface area contributed by atoms with Gasteiger partial charge in [-0.25, -0.2) is 0 Å². The van der Waals surface area contributed by atoms with Crippen LogP contribution < -0.4 is 11.1 Å². The second-order valence-electron chi connectivity index (χ2n) is 3.78. The van der Waals surface area contributed by atoms with E-state index in [9.17, 15) is 4.79 Å². The molecule has 0 atom stereocenters. The predicted octanol–water partition coefficient (Wildman–Crippen LogP) is 2.75. The molecular formula is C13H20N2O2S. The molecule has 0 aliphatic heterocycles. The van der Waals surface area contributed by atoms with Crippen molar-refractivity contribution in [3.63, 3.8) is 0 Å². The number of ether oxygens (including phenoxy) is 1. The highest BCUT2D eigenvalue weighted by molar-refractivity contribution is 7.99. The first-order valence-corrected chi connectivity index (χ1v) is 7.05. The lowest BCUT2D eigenvalue weighted by Crippen LogP contribution is -2.19. The van der Waals surface area contributed by atoms with E-state index in [1.807, 2.05) is 25.1 Å². The molecule has 0 bridgehead atoms. The fourth-order valence-corrected chi connectivity index (χ4v) is 2.14. The standard InChI is InChI=1S/C13H20N2O2S/c1-3-7-18-10-5-6-11(14)12(8-10)15-13(16)9-17-4-2/h5-6,8H,3-4,7,9,14H2,1-2H3,(H,15,16). The largest absolute Gasteiger partial charge is 0.397 e. The van der Waals surface area contributed by atoms with Crippen molar-refractivity contribution in [3.8, 4) is 0 Å². The van der Waals surface area contributed by atoms with Crippen LogP contribution in [0.5, 0.6) is 0 Å². The van der Waals surface area contributed by atoms with Crippen molar-refractivity contribution in [2.24, 2.45) is 0 Å². The molecule has 18 heavy (non-hydrogen) atoms. The third-order valence-corrected chi connectivity index (χ3v) is 3.41. The molecular weight excluding hydrogens is 248 g/mol. The van der Waals surface area contributed by atoms with Gasteiger partial charge in [0, 0.05) is 11.5 Å². The van der Waals surface area contributed by atoms with Crippen LogP contribution in [0, 0.1) is 0 Å². The first kappa shape index (κ1) is 14.9. The van der Waals surface area contributed by atoms with E-state index < -0.39 is 0 Å². The summed E-state index contributed by atoms with van der Waals surface area (Å²) in [6.45, 7) is 4.57. The number of anilines is 2. The summed E-state index contributed by atoms with van der Waals surface area (Å²) in [5, 5.41) is 2.76. The van der Waals surface area contributed by atoms with Gasteiger partial charge in [0.15, 0.2) is 0 Å². The minimum atomic E-state index is -0.179. The van der Waals surface area contributed by atoms with Gasteiger partial charge in [-0.15, -0.1) is 11.8 Å². The summed E-state index contributed by atoms with van der Waals surface area (Å²) in [5.41, 5.74) is 7.05. The molecule has 1 aromatic carbocycles. The van der Waals surface area contributed by atoms with Crippen LogP contribution in [-0.2, 0) is 9.53 Å². The fourth-order valence-electron chi connectivity index (χ4n) is 1.33. The first-order chi connectivity index (χ1) is 8.67. The van der Waals surface area contributed by atoms with Gasteiger partial charge in [0.25, 0.3) is 0 Å². The average molecular weight is 268 g/mol. The van der Waals surface area contributed by atoms with Crippen LogP contribution >= 0.6 is 11.8 Å². The summed E-state index contributed by atoms with van der Waals surface area (Å²) in [6.07, 6.45) is 1.11. The third-order valence-electron chi connectivity index (χ3n) is 2.21. The number of rotatable bonds is 7. The van der Waals surface area contributed by atoms with Gasteiger partial charge in [0.05, 0.1) is 11.4 Å². The molecule has 1 amide bonds. The molecule has 100 valence electrons. The molecule has 0 radical (unpaired) electrons. The number of nitrogens with one attached hydrogen (secondary N) is 1. The molecule has 0 aromatic heterocycles. The topological polar surface area (TPSA) is 64.3 Å². The summed E-state index contributed by atoms with van der Waals surface area (Å²) in [6, 6.07) is 5.68. The number of nitrogen functional groups attached to an aromatic ring is 1. The van der Waals surface area contributed by atoms with Crippen LogP contribution in [0.4, 0.5) is 11.4 Å². The minimum absolute atomic E-state index is 0.0578. The molecule has 0 saturated carbocycles. The minimum Gasteiger partial charge on any atom is -0.397 e. The highest BCUT2D eigenvalue weighted by Crippen LogP contribution is 2.26. The molecule has 0 unspecified atom stereocenters. The zero-order valence-electron chi connectivity index (χ0n) is 10.9. The van der Waals surface area contributed by atoms with Crippen molar-refractivity contribution in [2.75, 3.05) is 30.0 Å². The molecule has 1 rings (SSSR count). The van der Waals surface area contributed by atoms with Crippen LogP contribution in [0.1, 0.15) is 20.3 Å². The molecule has 1 aromatic rings. The third kappa shape index (κ3) is 4.98. The van der Waals surface area contributed by atoms with Gasteiger partial charge in [0.1, 0.15) is 6.61 Å². The van der Waals surface area contributed by atoms with Gasteiger partial charge in [-0.3, -0.25) is 4.79 Å². The Balaban J connectivity index is 2.65. The molecule has 3 N–H and O–H groups in total. The molecule has 0 spiro atoms. The molecule has 0 saturated heterocycles. The summed E-state index contributed by atoms with van der Waals surface area (Å²) >= 11 is 1.75. The number of carbonyl (C=O) groups is 1. The van der Waals surface area contributed by atoms with Crippen LogP contribution in [0.25, 0.3) is 0 Å². The zero-order chi connectivity index (χ0) is 13.4. The van der Waals surface area contributed by atoms with Crippen molar-refractivity contribution in [3.05, 3.63) is 18.2 Å². The maximum Gasteiger partial charge on any atom is 0.250 e. The number of nitrogens with two attached hydrogens (primary N) is 1. The van der Waals surface area contributed by atoms with Gasteiger partial charge < -0.3 is 15.8 Å². The Hall–Kier alpha value is -1.20. The van der Waals surface area contributed by atoms with Gasteiger partial charge in [0.2, 0.25) is 5.91 Å². The number of hydrogen-bond acceptors (Lipinski definition) is 4. The molecule has 4 nitrogen and oxygen atoms in total. The van der Waals surface area contributed by atoms with Crippen molar-refractivity contribution in [1.82, 2.24) is 0 Å². The number of benzene rings is 1. The van der Waals surface area contributed by atoms with Crippen LogP contribution in [0.15, 0.2) is 23.1 Å². The van der Waals surface area contributed by atoms with Gasteiger partial charge in [-0.05, 0) is 37.3 Å². The quantitative estimate of drug-likeness (QED) is 0.589. The number of carbonyl (C=O) groups excluding carboxylic acids is 1. The van der Waals surface area contributed by atoms with E-state index >= 15 is 0 Å². The van der Waals surface area contributed by atoms with E-state index in [0.717, 1.165) is 17.1 Å². The highest BCUT2D eigenvalue weighted by atomic mass is 32.2. The second-order valence-corrected chi connectivity index (χ2v) is 4.95. The first-order valence-electron chi connectivity index (χ1n) is 6.07. The lowest BCUT2D eigenvalue weighted by molar-refractivity contribution is -0.120. The summed E-state index contributed by atoms with van der Waals surface area (Å²) in [4.78, 5) is 12.7. The van der Waals surface area contributed by atoms with Gasteiger partial charge in [-0.1, -0.05) is 6.92 Å². The second kappa shape index (κ2) is 8.00. The monoisotopic (exact) mass is 268 g/mol. The van der Waals surface area contributed by atoms with Crippen molar-refractivity contribution >= 4 is 29.0 Å². The predicted molar refractivity (Wildman–Crippen MR) is 77.0 cm³/mol. The summed E-state index contributed by atoms with van der Waals surface area (Å²) in [5.74, 6) is 0.872. The van der Waals surface area contributed by atoms with E-state index in [4.69, 9.17) is 10.5 Å². The molecule has 0 heterocycles. The average Bonchev–Trinajstić information content (AvgIpc) is 2.37. The van der Waals surface area contributed by atoms with E-state index in [1.165, 1.54) is 0 Å². The number of thioether (sulfide) groups is 1. The van der Waals surface area contributed by atoms with Crippen LogP contribution in [-0.4, -0.2) is 24.9 Å². The SMILES string of the molecule is CCCSc1ccc(N)c(NC(=O)COCC)c1. The number of amides is 1. The highest BCUT2D eigenvalue weighted by Gasteiger charge is 2.06. The van der Waals surface area contributed by atoms with Crippen LogP contribution in [0.3, 0.4) is 0 Å². The summed E-state index contributed by atoms with van der Waals surface area (Å²) < 4.78 is 5.04. The van der Waals surface area contributed by atoms with Gasteiger partial charge in [-0.2, -0.15) is 0 Å². The van der Waals surface area contributed by atoms with Crippen molar-refractivity contribution in [2.45, 2.75) is 25.2 Å². The Kier molecular flexibility index (Phi) is 6.60. The summed E-state index contributed by atoms with van der Waals surface area (Å²) in [7, 11) is 0. The molecule has 0 aliphatic carbocycles. The smallest absolute Gasteiger partial charge is 0.250 e.